The SMILES string of the molecule is CC(c1nncn1C)N1CCCCC1=N. The van der Waals surface area contributed by atoms with Crippen LogP contribution in [0.1, 0.15) is 38.1 Å². The molecule has 1 aliphatic rings. The zero-order chi connectivity index (χ0) is 10.8. The maximum atomic E-state index is 7.92. The highest BCUT2D eigenvalue weighted by atomic mass is 15.3. The average Bonchev–Trinajstić information content (AvgIpc) is 2.64. The van der Waals surface area contributed by atoms with Crippen LogP contribution in [0.15, 0.2) is 6.33 Å². The number of aryl methyl sites for hydroxylation is 1. The molecule has 0 aliphatic carbocycles. The van der Waals surface area contributed by atoms with Crippen LogP contribution >= 0.6 is 0 Å². The fraction of sp³-hybridized carbons (Fsp3) is 0.700. The number of nitrogens with zero attached hydrogens (tertiary/aromatic N) is 4. The lowest BCUT2D eigenvalue weighted by Crippen LogP contribution is -2.37. The number of likely N-dealkylation sites (tertiary alicyclic amines) is 1. The van der Waals surface area contributed by atoms with Gasteiger partial charge in [-0.2, -0.15) is 0 Å². The summed E-state index contributed by atoms with van der Waals surface area (Å²) < 4.78 is 1.92. The Morgan fingerprint density at radius 1 is 1.47 bits per heavy atom. The maximum absolute atomic E-state index is 7.92. The van der Waals surface area contributed by atoms with Gasteiger partial charge in [-0.3, -0.25) is 5.41 Å². The summed E-state index contributed by atoms with van der Waals surface area (Å²) in [5.41, 5.74) is 0. The highest BCUT2D eigenvalue weighted by molar-refractivity contribution is 5.80. The summed E-state index contributed by atoms with van der Waals surface area (Å²) in [5.74, 6) is 1.67. The van der Waals surface area contributed by atoms with Gasteiger partial charge in [0, 0.05) is 20.0 Å². The molecule has 1 N–H and O–H groups in total. The molecule has 0 radical (unpaired) electrons. The summed E-state index contributed by atoms with van der Waals surface area (Å²) in [4.78, 5) is 2.12. The fourth-order valence-electron chi connectivity index (χ4n) is 2.09. The first-order chi connectivity index (χ1) is 7.20. The second-order valence-electron chi connectivity index (χ2n) is 4.07. The van der Waals surface area contributed by atoms with Gasteiger partial charge in [0.2, 0.25) is 0 Å². The van der Waals surface area contributed by atoms with Crippen molar-refractivity contribution in [3.63, 3.8) is 0 Å². The minimum atomic E-state index is 0.158. The first-order valence-electron chi connectivity index (χ1n) is 5.38. The van der Waals surface area contributed by atoms with Gasteiger partial charge in [0.15, 0.2) is 5.82 Å². The van der Waals surface area contributed by atoms with Crippen LogP contribution in [-0.2, 0) is 7.05 Å². The number of piperidine rings is 1. The number of rotatable bonds is 2. The van der Waals surface area contributed by atoms with Crippen LogP contribution < -0.4 is 0 Å². The molecule has 0 aromatic carbocycles. The van der Waals surface area contributed by atoms with E-state index in [2.05, 4.69) is 22.0 Å². The molecule has 1 aromatic heterocycles. The van der Waals surface area contributed by atoms with Gasteiger partial charge in [0.05, 0.1) is 11.9 Å². The van der Waals surface area contributed by atoms with E-state index in [0.29, 0.717) is 0 Å². The zero-order valence-electron chi connectivity index (χ0n) is 9.27. The number of hydrogen-bond acceptors (Lipinski definition) is 3. The van der Waals surface area contributed by atoms with Gasteiger partial charge in [-0.05, 0) is 19.8 Å². The lowest BCUT2D eigenvalue weighted by atomic mass is 10.1. The van der Waals surface area contributed by atoms with Gasteiger partial charge >= 0.3 is 0 Å². The number of hydrogen-bond donors (Lipinski definition) is 1. The molecule has 0 bridgehead atoms. The highest BCUT2D eigenvalue weighted by Gasteiger charge is 2.24. The van der Waals surface area contributed by atoms with Crippen molar-refractivity contribution in [1.82, 2.24) is 19.7 Å². The maximum Gasteiger partial charge on any atom is 0.155 e. The zero-order valence-corrected chi connectivity index (χ0v) is 9.27. The number of aromatic nitrogens is 3. The van der Waals surface area contributed by atoms with E-state index in [0.717, 1.165) is 31.0 Å². The molecule has 1 atom stereocenters. The van der Waals surface area contributed by atoms with E-state index in [1.165, 1.54) is 6.42 Å². The molecule has 1 aliphatic heterocycles. The van der Waals surface area contributed by atoms with Gasteiger partial charge in [0.1, 0.15) is 6.33 Å². The monoisotopic (exact) mass is 207 g/mol. The fourth-order valence-corrected chi connectivity index (χ4v) is 2.09. The topological polar surface area (TPSA) is 57.8 Å². The normalized spacial score (nSPS) is 19.3. The van der Waals surface area contributed by atoms with E-state index in [1.54, 1.807) is 6.33 Å². The summed E-state index contributed by atoms with van der Waals surface area (Å²) in [6, 6.07) is 0.158. The molecule has 1 aromatic rings. The molecule has 15 heavy (non-hydrogen) atoms. The van der Waals surface area contributed by atoms with Crippen molar-refractivity contribution < 1.29 is 0 Å². The minimum Gasteiger partial charge on any atom is -0.351 e. The van der Waals surface area contributed by atoms with Crippen LogP contribution in [0.3, 0.4) is 0 Å². The Balaban J connectivity index is 2.16. The van der Waals surface area contributed by atoms with Crippen molar-refractivity contribution >= 4 is 5.84 Å². The minimum absolute atomic E-state index is 0.158. The third-order valence-electron chi connectivity index (χ3n) is 3.00. The quantitative estimate of drug-likeness (QED) is 0.796. The summed E-state index contributed by atoms with van der Waals surface area (Å²) in [7, 11) is 1.94. The second-order valence-corrected chi connectivity index (χ2v) is 4.07. The molecule has 1 saturated heterocycles. The molecule has 2 heterocycles. The summed E-state index contributed by atoms with van der Waals surface area (Å²) in [6.07, 6.45) is 4.91. The van der Waals surface area contributed by atoms with Crippen molar-refractivity contribution in [3.8, 4) is 0 Å². The molecule has 5 nitrogen and oxygen atoms in total. The highest BCUT2D eigenvalue weighted by Crippen LogP contribution is 2.22. The summed E-state index contributed by atoms with van der Waals surface area (Å²) >= 11 is 0. The molecule has 5 heteroatoms. The van der Waals surface area contributed by atoms with E-state index >= 15 is 0 Å². The third-order valence-corrected chi connectivity index (χ3v) is 3.00. The standard InChI is InChI=1S/C10H17N5/c1-8(10-13-12-7-14(10)2)15-6-4-3-5-9(15)11/h7-8,11H,3-6H2,1-2H3. The van der Waals surface area contributed by atoms with Crippen LogP contribution in [0.25, 0.3) is 0 Å². The van der Waals surface area contributed by atoms with Crippen LogP contribution in [0.5, 0.6) is 0 Å². The van der Waals surface area contributed by atoms with E-state index in [9.17, 15) is 0 Å². The molecule has 0 saturated carbocycles. The van der Waals surface area contributed by atoms with Crippen molar-refractivity contribution in [1.29, 1.82) is 5.41 Å². The van der Waals surface area contributed by atoms with Gasteiger partial charge in [-0.15, -0.1) is 10.2 Å². The lowest BCUT2D eigenvalue weighted by Gasteiger charge is -2.34. The Labute approximate surface area is 89.6 Å². The predicted molar refractivity (Wildman–Crippen MR) is 57.7 cm³/mol. The first-order valence-corrected chi connectivity index (χ1v) is 5.38. The largest absolute Gasteiger partial charge is 0.351 e. The van der Waals surface area contributed by atoms with Crippen LogP contribution in [-0.4, -0.2) is 32.0 Å². The van der Waals surface area contributed by atoms with E-state index in [4.69, 9.17) is 5.41 Å². The van der Waals surface area contributed by atoms with E-state index in [-0.39, 0.29) is 6.04 Å². The molecular weight excluding hydrogens is 190 g/mol. The second kappa shape index (κ2) is 4.00. The Morgan fingerprint density at radius 3 is 2.87 bits per heavy atom. The Bertz CT molecular complexity index is 356. The smallest absolute Gasteiger partial charge is 0.155 e. The molecule has 2 rings (SSSR count). The molecule has 82 valence electrons. The average molecular weight is 207 g/mol. The first kappa shape index (κ1) is 10.1. The summed E-state index contributed by atoms with van der Waals surface area (Å²) in [6.45, 7) is 3.05. The van der Waals surface area contributed by atoms with E-state index in [1.807, 2.05) is 11.6 Å². The molecule has 1 unspecified atom stereocenters. The number of amidine groups is 1. The molecule has 1 fully saturated rings. The van der Waals surface area contributed by atoms with E-state index < -0.39 is 0 Å². The Hall–Kier alpha value is -1.39. The van der Waals surface area contributed by atoms with Crippen molar-refractivity contribution in [2.24, 2.45) is 7.05 Å². The van der Waals surface area contributed by atoms with Gasteiger partial charge in [-0.25, -0.2) is 0 Å². The van der Waals surface area contributed by atoms with Gasteiger partial charge in [-0.1, -0.05) is 0 Å². The molecular formula is C10H17N5. The lowest BCUT2D eigenvalue weighted by molar-refractivity contribution is 0.285. The van der Waals surface area contributed by atoms with Crippen molar-refractivity contribution in [2.45, 2.75) is 32.2 Å². The van der Waals surface area contributed by atoms with Crippen molar-refractivity contribution in [3.05, 3.63) is 12.2 Å². The van der Waals surface area contributed by atoms with Crippen molar-refractivity contribution in [2.75, 3.05) is 6.54 Å². The van der Waals surface area contributed by atoms with Gasteiger partial charge in [0.25, 0.3) is 0 Å². The van der Waals surface area contributed by atoms with Crippen LogP contribution in [0, 0.1) is 5.41 Å². The molecule has 0 spiro atoms. The van der Waals surface area contributed by atoms with Gasteiger partial charge < -0.3 is 9.47 Å². The Kier molecular flexibility index (Phi) is 2.70. The number of nitrogens with one attached hydrogen (secondary N) is 1. The Morgan fingerprint density at radius 2 is 2.27 bits per heavy atom. The third kappa shape index (κ3) is 1.86. The van der Waals surface area contributed by atoms with Crippen LogP contribution in [0.2, 0.25) is 0 Å². The molecule has 0 amide bonds. The van der Waals surface area contributed by atoms with Crippen LogP contribution in [0.4, 0.5) is 0 Å². The predicted octanol–water partition coefficient (Wildman–Crippen LogP) is 1.34. The summed E-state index contributed by atoms with van der Waals surface area (Å²) in [5, 5.41) is 15.9.